The van der Waals surface area contributed by atoms with E-state index < -0.39 is 0 Å². The third-order valence-electron chi connectivity index (χ3n) is 4.00. The number of amides is 1. The number of anilines is 2. The Bertz CT molecular complexity index is 809. The fraction of sp³-hybridized carbons (Fsp3) is 0.222. The van der Waals surface area contributed by atoms with E-state index in [-0.39, 0.29) is 11.0 Å². The summed E-state index contributed by atoms with van der Waals surface area (Å²) >= 11 is 13.6. The molecule has 7 heteroatoms. The molecule has 130 valence electrons. The van der Waals surface area contributed by atoms with Crippen molar-refractivity contribution in [3.63, 3.8) is 0 Å². The normalized spacial score (nSPS) is 13.6. The van der Waals surface area contributed by atoms with Crippen LogP contribution in [0.5, 0.6) is 0 Å². The number of carbonyl (C=O) groups excluding carboxylic acids is 1. The molecule has 0 atom stereocenters. The highest BCUT2D eigenvalue weighted by Gasteiger charge is 2.17. The molecule has 1 aliphatic rings. The number of benzene rings is 2. The molecule has 2 aromatic rings. The standard InChI is InChI=1S/C18H17ClIN3OS/c19-14-8-7-12(20)11-13(14)17(24)22-18(25)21-15-5-1-2-6-16(15)23-9-3-4-10-23/h1-2,5-8,11H,3-4,9-10H2,(H2,21,22,24,25). The Hall–Kier alpha value is -1.38. The fourth-order valence-corrected chi connectivity index (χ4v) is 3.71. The molecule has 2 N–H and O–H groups in total. The smallest absolute Gasteiger partial charge is 0.258 e. The number of hydrogen-bond acceptors (Lipinski definition) is 3. The van der Waals surface area contributed by atoms with Crippen LogP contribution in [0.1, 0.15) is 23.2 Å². The lowest BCUT2D eigenvalue weighted by Crippen LogP contribution is -2.34. The van der Waals surface area contributed by atoms with E-state index in [9.17, 15) is 4.79 Å². The number of nitrogens with one attached hydrogen (secondary N) is 2. The second-order valence-electron chi connectivity index (χ2n) is 5.74. The summed E-state index contributed by atoms with van der Waals surface area (Å²) < 4.78 is 0.936. The molecule has 3 rings (SSSR count). The molecule has 0 saturated carbocycles. The SMILES string of the molecule is O=C(NC(=S)Nc1ccccc1N1CCCC1)c1cc(I)ccc1Cl. The third kappa shape index (κ3) is 4.62. The number of halogens is 2. The molecule has 2 aromatic carbocycles. The molecule has 0 bridgehead atoms. The van der Waals surface area contributed by atoms with E-state index in [0.717, 1.165) is 28.0 Å². The van der Waals surface area contributed by atoms with Gasteiger partial charge in [-0.25, -0.2) is 0 Å². The van der Waals surface area contributed by atoms with Gasteiger partial charge in [-0.2, -0.15) is 0 Å². The van der Waals surface area contributed by atoms with Crippen molar-refractivity contribution < 1.29 is 4.79 Å². The summed E-state index contributed by atoms with van der Waals surface area (Å²) in [7, 11) is 0. The van der Waals surface area contributed by atoms with E-state index in [1.165, 1.54) is 12.8 Å². The topological polar surface area (TPSA) is 44.4 Å². The van der Waals surface area contributed by atoms with Gasteiger partial charge < -0.3 is 10.2 Å². The van der Waals surface area contributed by atoms with Crippen LogP contribution in [0.3, 0.4) is 0 Å². The molecule has 25 heavy (non-hydrogen) atoms. The highest BCUT2D eigenvalue weighted by Crippen LogP contribution is 2.28. The van der Waals surface area contributed by atoms with Gasteiger partial charge in [0.1, 0.15) is 0 Å². The summed E-state index contributed by atoms with van der Waals surface area (Å²) in [6.45, 7) is 2.08. The van der Waals surface area contributed by atoms with E-state index in [0.29, 0.717) is 10.6 Å². The Morgan fingerprint density at radius 1 is 1.16 bits per heavy atom. The van der Waals surface area contributed by atoms with Gasteiger partial charge in [0, 0.05) is 16.7 Å². The van der Waals surface area contributed by atoms with Gasteiger partial charge in [0.25, 0.3) is 5.91 Å². The first kappa shape index (κ1) is 18.4. The van der Waals surface area contributed by atoms with Crippen LogP contribution in [0.4, 0.5) is 11.4 Å². The van der Waals surface area contributed by atoms with E-state index in [1.54, 1.807) is 12.1 Å². The number of thiocarbonyl (C=S) groups is 1. The molecule has 1 aliphatic heterocycles. The summed E-state index contributed by atoms with van der Waals surface area (Å²) in [5.41, 5.74) is 2.40. The summed E-state index contributed by atoms with van der Waals surface area (Å²) in [5.74, 6) is -0.320. The van der Waals surface area contributed by atoms with Gasteiger partial charge in [-0.3, -0.25) is 10.1 Å². The maximum absolute atomic E-state index is 12.4. The molecule has 0 aliphatic carbocycles. The van der Waals surface area contributed by atoms with Crippen molar-refractivity contribution in [2.24, 2.45) is 0 Å². The third-order valence-corrected chi connectivity index (χ3v) is 5.20. The fourth-order valence-electron chi connectivity index (χ4n) is 2.81. The van der Waals surface area contributed by atoms with Gasteiger partial charge in [0.2, 0.25) is 0 Å². The van der Waals surface area contributed by atoms with E-state index in [1.807, 2.05) is 24.3 Å². The average molecular weight is 486 g/mol. The highest BCUT2D eigenvalue weighted by molar-refractivity contribution is 14.1. The Kier molecular flexibility index (Phi) is 6.14. The number of hydrogen-bond donors (Lipinski definition) is 2. The van der Waals surface area contributed by atoms with Crippen LogP contribution in [0, 0.1) is 3.57 Å². The van der Waals surface area contributed by atoms with Gasteiger partial charge in [-0.15, -0.1) is 0 Å². The number of nitrogens with zero attached hydrogens (tertiary/aromatic N) is 1. The zero-order chi connectivity index (χ0) is 17.8. The van der Waals surface area contributed by atoms with Crippen molar-refractivity contribution in [3.8, 4) is 0 Å². The van der Waals surface area contributed by atoms with Crippen molar-refractivity contribution in [2.75, 3.05) is 23.3 Å². The summed E-state index contributed by atoms with van der Waals surface area (Å²) in [5, 5.41) is 6.50. The Balaban J connectivity index is 1.71. The Morgan fingerprint density at radius 3 is 2.64 bits per heavy atom. The first-order chi connectivity index (χ1) is 12.0. The van der Waals surface area contributed by atoms with Gasteiger partial charge >= 0.3 is 0 Å². The van der Waals surface area contributed by atoms with E-state index in [2.05, 4.69) is 44.2 Å². The lowest BCUT2D eigenvalue weighted by atomic mass is 10.2. The zero-order valence-corrected chi connectivity index (χ0v) is 17.1. The Morgan fingerprint density at radius 2 is 1.88 bits per heavy atom. The molecule has 0 radical (unpaired) electrons. The number of rotatable bonds is 3. The average Bonchev–Trinajstić information content (AvgIpc) is 3.11. The summed E-state index contributed by atoms with van der Waals surface area (Å²) in [6, 6.07) is 13.3. The predicted octanol–water partition coefficient (Wildman–Crippen LogP) is 4.67. The maximum Gasteiger partial charge on any atom is 0.258 e. The highest BCUT2D eigenvalue weighted by atomic mass is 127. The maximum atomic E-state index is 12.4. The van der Waals surface area contributed by atoms with Crippen molar-refractivity contribution in [3.05, 3.63) is 56.6 Å². The number of carbonyl (C=O) groups is 1. The van der Waals surface area contributed by atoms with Crippen LogP contribution in [-0.4, -0.2) is 24.1 Å². The van der Waals surface area contributed by atoms with Crippen molar-refractivity contribution in [1.82, 2.24) is 5.32 Å². The molecular weight excluding hydrogens is 469 g/mol. The molecule has 1 saturated heterocycles. The van der Waals surface area contributed by atoms with Crippen LogP contribution < -0.4 is 15.5 Å². The van der Waals surface area contributed by atoms with Crippen LogP contribution in [0.25, 0.3) is 0 Å². The van der Waals surface area contributed by atoms with Gasteiger partial charge in [-0.1, -0.05) is 23.7 Å². The largest absolute Gasteiger partial charge is 0.370 e. The molecule has 0 spiro atoms. The summed E-state index contributed by atoms with van der Waals surface area (Å²) in [6.07, 6.45) is 2.39. The summed E-state index contributed by atoms with van der Waals surface area (Å²) in [4.78, 5) is 14.7. The first-order valence-electron chi connectivity index (χ1n) is 7.96. The van der Waals surface area contributed by atoms with Gasteiger partial charge in [-0.05, 0) is 78.0 Å². The molecule has 1 heterocycles. The van der Waals surface area contributed by atoms with Crippen LogP contribution in [0.2, 0.25) is 5.02 Å². The minimum Gasteiger partial charge on any atom is -0.370 e. The molecule has 0 aromatic heterocycles. The van der Waals surface area contributed by atoms with Crippen LogP contribution >= 0.6 is 46.4 Å². The van der Waals surface area contributed by atoms with E-state index in [4.69, 9.17) is 23.8 Å². The molecular formula is C18H17ClIN3OS. The van der Waals surface area contributed by atoms with Gasteiger partial charge in [0.05, 0.1) is 22.0 Å². The first-order valence-corrected chi connectivity index (χ1v) is 9.82. The van der Waals surface area contributed by atoms with Crippen LogP contribution in [-0.2, 0) is 0 Å². The Labute approximate surface area is 171 Å². The molecule has 4 nitrogen and oxygen atoms in total. The second kappa shape index (κ2) is 8.33. The predicted molar refractivity (Wildman–Crippen MR) is 116 cm³/mol. The van der Waals surface area contributed by atoms with Crippen LogP contribution in [0.15, 0.2) is 42.5 Å². The number of para-hydroxylation sites is 2. The molecule has 0 unspecified atom stereocenters. The lowest BCUT2D eigenvalue weighted by Gasteiger charge is -2.22. The monoisotopic (exact) mass is 485 g/mol. The quantitative estimate of drug-likeness (QED) is 0.490. The van der Waals surface area contributed by atoms with Crippen molar-refractivity contribution >= 4 is 68.8 Å². The minimum absolute atomic E-state index is 0.256. The molecule has 1 amide bonds. The van der Waals surface area contributed by atoms with Crippen molar-refractivity contribution in [2.45, 2.75) is 12.8 Å². The van der Waals surface area contributed by atoms with Gasteiger partial charge in [0.15, 0.2) is 5.11 Å². The van der Waals surface area contributed by atoms with Crippen molar-refractivity contribution in [1.29, 1.82) is 0 Å². The lowest BCUT2D eigenvalue weighted by molar-refractivity contribution is 0.0978. The second-order valence-corrected chi connectivity index (χ2v) is 7.80. The molecule has 1 fully saturated rings. The zero-order valence-electron chi connectivity index (χ0n) is 13.4. The minimum atomic E-state index is -0.320. The van der Waals surface area contributed by atoms with E-state index >= 15 is 0 Å².